The molecule has 3 nitrogen and oxygen atoms in total. The zero-order chi connectivity index (χ0) is 13.0. The van der Waals surface area contributed by atoms with Crippen LogP contribution < -0.4 is 4.90 Å². The second-order valence-corrected chi connectivity index (χ2v) is 4.59. The first kappa shape index (κ1) is 13.9. The van der Waals surface area contributed by atoms with Crippen molar-refractivity contribution in [3.8, 4) is 0 Å². The van der Waals surface area contributed by atoms with Crippen molar-refractivity contribution >= 4 is 24.3 Å². The fraction of sp³-hybridized carbons (Fsp3) is 0.462. The van der Waals surface area contributed by atoms with Gasteiger partial charge in [0.2, 0.25) is 0 Å². The number of anilines is 1. The summed E-state index contributed by atoms with van der Waals surface area (Å²) in [6, 6.07) is 4.07. The maximum absolute atomic E-state index is 11.4. The Morgan fingerprint density at radius 1 is 1.41 bits per heavy atom. The molecule has 0 aliphatic rings. The summed E-state index contributed by atoms with van der Waals surface area (Å²) in [5.74, 6) is -0.220. The third kappa shape index (κ3) is 3.66. The van der Waals surface area contributed by atoms with E-state index in [4.69, 9.17) is 4.74 Å². The van der Waals surface area contributed by atoms with E-state index < -0.39 is 0 Å². The number of carbonyl (C=O) groups is 1. The van der Waals surface area contributed by atoms with Gasteiger partial charge in [0.25, 0.3) is 0 Å². The molecule has 1 rings (SSSR count). The van der Waals surface area contributed by atoms with E-state index in [1.54, 1.807) is 6.92 Å². The number of likely N-dealkylation sites (N-methyl/N-ethyl adjacent to an activating group) is 1. The lowest BCUT2D eigenvalue weighted by Crippen LogP contribution is -2.28. The van der Waals surface area contributed by atoms with E-state index in [1.807, 2.05) is 31.9 Å². The molecule has 0 spiro atoms. The van der Waals surface area contributed by atoms with Gasteiger partial charge in [0, 0.05) is 11.9 Å². The predicted molar refractivity (Wildman–Crippen MR) is 73.1 cm³/mol. The molecule has 0 atom stereocenters. The third-order valence-corrected chi connectivity index (χ3v) is 2.82. The molecule has 0 N–H and O–H groups in total. The Hall–Kier alpha value is -1.16. The molecule has 0 amide bonds. The Morgan fingerprint density at radius 3 is 2.59 bits per heavy atom. The fourth-order valence-electron chi connectivity index (χ4n) is 1.91. The number of thiol groups is 1. The topological polar surface area (TPSA) is 29.5 Å². The van der Waals surface area contributed by atoms with E-state index in [2.05, 4.69) is 18.7 Å². The molecular formula is C13H19NO2S. The van der Waals surface area contributed by atoms with Crippen LogP contribution in [0.25, 0.3) is 0 Å². The first-order valence-electron chi connectivity index (χ1n) is 5.62. The Kier molecular flexibility index (Phi) is 4.87. The van der Waals surface area contributed by atoms with Crippen molar-refractivity contribution in [2.75, 3.05) is 25.1 Å². The average molecular weight is 253 g/mol. The van der Waals surface area contributed by atoms with Crippen LogP contribution in [0.3, 0.4) is 0 Å². The molecule has 0 aliphatic heterocycles. The van der Waals surface area contributed by atoms with Crippen molar-refractivity contribution in [1.82, 2.24) is 0 Å². The summed E-state index contributed by atoms with van der Waals surface area (Å²) in [6.07, 6.45) is 0. The Balaban J connectivity index is 2.89. The van der Waals surface area contributed by atoms with Crippen molar-refractivity contribution in [2.45, 2.75) is 25.7 Å². The van der Waals surface area contributed by atoms with Gasteiger partial charge in [-0.15, -0.1) is 12.6 Å². The first-order chi connectivity index (χ1) is 7.95. The van der Waals surface area contributed by atoms with Crippen LogP contribution in [-0.4, -0.2) is 26.2 Å². The standard InChI is InChI=1S/C13H19NO2S/c1-5-16-12(15)8-14(4)13-10(3)6-9(2)7-11(13)17/h6-7,17H,5,8H2,1-4H3. The van der Waals surface area contributed by atoms with Crippen LogP contribution in [0, 0.1) is 13.8 Å². The van der Waals surface area contributed by atoms with Gasteiger partial charge in [-0.25, -0.2) is 0 Å². The van der Waals surface area contributed by atoms with Gasteiger partial charge in [-0.05, 0) is 38.0 Å². The van der Waals surface area contributed by atoms with E-state index in [0.29, 0.717) is 6.61 Å². The molecular weight excluding hydrogens is 234 g/mol. The molecule has 17 heavy (non-hydrogen) atoms. The monoisotopic (exact) mass is 253 g/mol. The number of esters is 1. The zero-order valence-corrected chi connectivity index (χ0v) is 11.7. The summed E-state index contributed by atoms with van der Waals surface area (Å²) < 4.78 is 4.93. The molecule has 4 heteroatoms. The minimum atomic E-state index is -0.220. The highest BCUT2D eigenvalue weighted by atomic mass is 32.1. The average Bonchev–Trinajstić information content (AvgIpc) is 2.15. The van der Waals surface area contributed by atoms with Gasteiger partial charge in [0.05, 0.1) is 12.3 Å². The summed E-state index contributed by atoms with van der Waals surface area (Å²) in [5.41, 5.74) is 3.26. The fourth-order valence-corrected chi connectivity index (χ4v) is 2.46. The van der Waals surface area contributed by atoms with Crippen molar-refractivity contribution < 1.29 is 9.53 Å². The minimum absolute atomic E-state index is 0.220. The summed E-state index contributed by atoms with van der Waals surface area (Å²) in [6.45, 7) is 6.50. The van der Waals surface area contributed by atoms with Crippen LogP contribution >= 0.6 is 12.6 Å². The molecule has 0 unspecified atom stereocenters. The summed E-state index contributed by atoms with van der Waals surface area (Å²) in [7, 11) is 1.87. The van der Waals surface area contributed by atoms with E-state index in [-0.39, 0.29) is 12.5 Å². The van der Waals surface area contributed by atoms with Gasteiger partial charge in [-0.2, -0.15) is 0 Å². The number of hydrogen-bond acceptors (Lipinski definition) is 4. The molecule has 1 aromatic carbocycles. The first-order valence-corrected chi connectivity index (χ1v) is 6.07. The summed E-state index contributed by atoms with van der Waals surface area (Å²) in [5, 5.41) is 0. The molecule has 1 aromatic rings. The quantitative estimate of drug-likeness (QED) is 0.660. The van der Waals surface area contributed by atoms with Gasteiger partial charge in [0.15, 0.2) is 0 Å². The lowest BCUT2D eigenvalue weighted by Gasteiger charge is -2.22. The van der Waals surface area contributed by atoms with Crippen molar-refractivity contribution in [3.63, 3.8) is 0 Å². The van der Waals surface area contributed by atoms with Crippen molar-refractivity contribution in [3.05, 3.63) is 23.3 Å². The normalized spacial score (nSPS) is 10.2. The maximum atomic E-state index is 11.4. The molecule has 0 saturated heterocycles. The molecule has 0 saturated carbocycles. The van der Waals surface area contributed by atoms with E-state index >= 15 is 0 Å². The number of aryl methyl sites for hydroxylation is 2. The third-order valence-electron chi connectivity index (χ3n) is 2.48. The number of hydrogen-bond donors (Lipinski definition) is 1. The molecule has 94 valence electrons. The maximum Gasteiger partial charge on any atom is 0.325 e. The van der Waals surface area contributed by atoms with Gasteiger partial charge in [0.1, 0.15) is 6.54 Å². The van der Waals surface area contributed by atoms with Crippen LogP contribution in [0.1, 0.15) is 18.1 Å². The largest absolute Gasteiger partial charge is 0.465 e. The highest BCUT2D eigenvalue weighted by Gasteiger charge is 2.13. The number of benzene rings is 1. The Bertz CT molecular complexity index is 395. The molecule has 0 radical (unpaired) electrons. The van der Waals surface area contributed by atoms with Gasteiger partial charge in [-0.1, -0.05) is 6.07 Å². The second kappa shape index (κ2) is 5.96. The van der Waals surface area contributed by atoms with Crippen molar-refractivity contribution in [2.24, 2.45) is 0 Å². The lowest BCUT2D eigenvalue weighted by molar-refractivity contribution is -0.141. The van der Waals surface area contributed by atoms with Gasteiger partial charge in [-0.3, -0.25) is 4.79 Å². The molecule has 0 fully saturated rings. The number of ether oxygens (including phenoxy) is 1. The summed E-state index contributed by atoms with van der Waals surface area (Å²) in [4.78, 5) is 14.2. The highest BCUT2D eigenvalue weighted by molar-refractivity contribution is 7.80. The van der Waals surface area contributed by atoms with Gasteiger partial charge >= 0.3 is 5.97 Å². The number of nitrogens with zero attached hydrogens (tertiary/aromatic N) is 1. The minimum Gasteiger partial charge on any atom is -0.465 e. The highest BCUT2D eigenvalue weighted by Crippen LogP contribution is 2.28. The van der Waals surface area contributed by atoms with Crippen molar-refractivity contribution in [1.29, 1.82) is 0 Å². The lowest BCUT2D eigenvalue weighted by atomic mass is 10.1. The smallest absolute Gasteiger partial charge is 0.325 e. The van der Waals surface area contributed by atoms with Crippen LogP contribution in [-0.2, 0) is 9.53 Å². The van der Waals surface area contributed by atoms with Crippen LogP contribution in [0.4, 0.5) is 5.69 Å². The van der Waals surface area contributed by atoms with Gasteiger partial charge < -0.3 is 9.64 Å². The predicted octanol–water partition coefficient (Wildman–Crippen LogP) is 2.59. The Labute approximate surface area is 108 Å². The summed E-state index contributed by atoms with van der Waals surface area (Å²) >= 11 is 4.46. The van der Waals surface area contributed by atoms with E-state index in [1.165, 1.54) is 5.56 Å². The molecule has 0 bridgehead atoms. The number of carbonyl (C=O) groups excluding carboxylic acids is 1. The van der Waals surface area contributed by atoms with E-state index in [9.17, 15) is 4.79 Å². The van der Waals surface area contributed by atoms with Crippen LogP contribution in [0.15, 0.2) is 17.0 Å². The number of rotatable bonds is 4. The van der Waals surface area contributed by atoms with Crippen LogP contribution in [0.2, 0.25) is 0 Å². The SMILES string of the molecule is CCOC(=O)CN(C)c1c(C)cc(C)cc1S. The van der Waals surface area contributed by atoms with Crippen LogP contribution in [0.5, 0.6) is 0 Å². The molecule has 0 heterocycles. The zero-order valence-electron chi connectivity index (χ0n) is 10.8. The molecule has 0 aliphatic carbocycles. The molecule has 0 aromatic heterocycles. The Morgan fingerprint density at radius 2 is 2.06 bits per heavy atom. The van der Waals surface area contributed by atoms with E-state index in [0.717, 1.165) is 16.1 Å². The second-order valence-electron chi connectivity index (χ2n) is 4.11.